The van der Waals surface area contributed by atoms with Crippen molar-refractivity contribution in [2.24, 2.45) is 0 Å². The first kappa shape index (κ1) is 14.4. The highest BCUT2D eigenvalue weighted by Crippen LogP contribution is 2.32. The van der Waals surface area contributed by atoms with Crippen LogP contribution in [0.15, 0.2) is 18.2 Å². The third-order valence-electron chi connectivity index (χ3n) is 2.88. The Bertz CT molecular complexity index is 547. The van der Waals surface area contributed by atoms with Crippen LogP contribution in [-0.4, -0.2) is 37.7 Å². The van der Waals surface area contributed by atoms with E-state index in [9.17, 15) is 8.42 Å². The lowest BCUT2D eigenvalue weighted by atomic mass is 10.2. The Morgan fingerprint density at radius 3 is 2.74 bits per heavy atom. The van der Waals surface area contributed by atoms with Gasteiger partial charge in [0.05, 0.1) is 5.75 Å². The molecule has 0 N–H and O–H groups in total. The highest BCUT2D eigenvalue weighted by molar-refractivity contribution is 7.89. The number of hydrogen-bond acceptors (Lipinski definition) is 4. The molecule has 0 amide bonds. The second kappa shape index (κ2) is 5.98. The summed E-state index contributed by atoms with van der Waals surface area (Å²) < 4.78 is 35.9. The van der Waals surface area contributed by atoms with Crippen molar-refractivity contribution in [2.75, 3.05) is 25.0 Å². The number of rotatable bonds is 6. The fourth-order valence-corrected chi connectivity index (χ4v) is 3.65. The average molecular weight is 306 g/mol. The van der Waals surface area contributed by atoms with Gasteiger partial charge in [-0.1, -0.05) is 13.0 Å². The smallest absolute Gasteiger partial charge is 0.231 e. The highest BCUT2D eigenvalue weighted by Gasteiger charge is 2.21. The molecule has 0 unspecified atom stereocenters. The number of fused-ring (bicyclic) bond motifs is 1. The van der Waals surface area contributed by atoms with Crippen molar-refractivity contribution < 1.29 is 17.9 Å². The maximum atomic E-state index is 12.0. The molecule has 0 fully saturated rings. The van der Waals surface area contributed by atoms with E-state index < -0.39 is 10.0 Å². The van der Waals surface area contributed by atoms with Gasteiger partial charge < -0.3 is 9.47 Å². The Hall–Kier alpha value is -0.980. The predicted molar refractivity (Wildman–Crippen MR) is 73.2 cm³/mol. The number of alkyl halides is 1. The molecule has 1 aromatic rings. The van der Waals surface area contributed by atoms with Crippen LogP contribution in [0.4, 0.5) is 0 Å². The minimum absolute atomic E-state index is 0.0487. The van der Waals surface area contributed by atoms with Gasteiger partial charge in [0, 0.05) is 19.0 Å². The molecule has 0 aliphatic carbocycles. The van der Waals surface area contributed by atoms with Crippen LogP contribution < -0.4 is 9.47 Å². The first-order valence-electron chi connectivity index (χ1n) is 5.99. The van der Waals surface area contributed by atoms with Crippen LogP contribution in [-0.2, 0) is 16.6 Å². The molecule has 1 aliphatic rings. The summed E-state index contributed by atoms with van der Waals surface area (Å²) in [6.45, 7) is 2.74. The average Bonchev–Trinajstić information content (AvgIpc) is 2.82. The summed E-state index contributed by atoms with van der Waals surface area (Å²) >= 11 is 5.52. The molecule has 0 saturated carbocycles. The van der Waals surface area contributed by atoms with Crippen molar-refractivity contribution >= 4 is 21.6 Å². The number of halogens is 1. The second-order valence-corrected chi connectivity index (χ2v) is 6.59. The summed E-state index contributed by atoms with van der Waals surface area (Å²) in [5, 5.41) is 0. The molecule has 1 heterocycles. The topological polar surface area (TPSA) is 55.8 Å². The molecule has 0 atom stereocenters. The molecule has 7 heteroatoms. The van der Waals surface area contributed by atoms with E-state index in [1.165, 1.54) is 4.31 Å². The van der Waals surface area contributed by atoms with Crippen LogP contribution >= 0.6 is 11.6 Å². The van der Waals surface area contributed by atoms with Crippen LogP contribution in [0.5, 0.6) is 11.5 Å². The zero-order valence-electron chi connectivity index (χ0n) is 10.6. The summed E-state index contributed by atoms with van der Waals surface area (Å²) in [5.74, 6) is 1.39. The van der Waals surface area contributed by atoms with Gasteiger partial charge in [-0.2, -0.15) is 4.31 Å². The molecular weight excluding hydrogens is 290 g/mol. The molecule has 0 spiro atoms. The third-order valence-corrected chi connectivity index (χ3v) is 5.18. The molecule has 19 heavy (non-hydrogen) atoms. The molecule has 0 saturated heterocycles. The van der Waals surface area contributed by atoms with Crippen molar-refractivity contribution in [2.45, 2.75) is 13.5 Å². The van der Waals surface area contributed by atoms with Gasteiger partial charge in [-0.15, -0.1) is 11.6 Å². The minimum atomic E-state index is -3.31. The summed E-state index contributed by atoms with van der Waals surface area (Å²) in [7, 11) is -3.31. The van der Waals surface area contributed by atoms with Crippen molar-refractivity contribution in [3.8, 4) is 11.5 Å². The van der Waals surface area contributed by atoms with Gasteiger partial charge in [-0.3, -0.25) is 0 Å². The Morgan fingerprint density at radius 2 is 2.05 bits per heavy atom. The van der Waals surface area contributed by atoms with Crippen LogP contribution in [0.1, 0.15) is 12.5 Å². The maximum absolute atomic E-state index is 12.0. The van der Waals surface area contributed by atoms with Crippen molar-refractivity contribution in [3.63, 3.8) is 0 Å². The number of sulfonamides is 1. The lowest BCUT2D eigenvalue weighted by molar-refractivity contribution is 0.174. The molecule has 106 valence electrons. The lowest BCUT2D eigenvalue weighted by Crippen LogP contribution is -2.32. The molecule has 0 aromatic heterocycles. The van der Waals surface area contributed by atoms with Gasteiger partial charge in [0.1, 0.15) is 0 Å². The Kier molecular flexibility index (Phi) is 4.54. The number of hydrogen-bond donors (Lipinski definition) is 0. The SMILES string of the molecule is CCN(Cc1ccc2c(c1)OCO2)S(=O)(=O)CCCl. The molecule has 1 aromatic carbocycles. The summed E-state index contributed by atoms with van der Waals surface area (Å²) in [6, 6.07) is 5.44. The fraction of sp³-hybridized carbons (Fsp3) is 0.500. The Morgan fingerprint density at radius 1 is 1.32 bits per heavy atom. The van der Waals surface area contributed by atoms with Crippen LogP contribution in [0.25, 0.3) is 0 Å². The largest absolute Gasteiger partial charge is 0.454 e. The van der Waals surface area contributed by atoms with Gasteiger partial charge in [-0.25, -0.2) is 8.42 Å². The number of benzene rings is 1. The lowest BCUT2D eigenvalue weighted by Gasteiger charge is -2.20. The van der Waals surface area contributed by atoms with E-state index in [1.807, 2.05) is 6.07 Å². The first-order chi connectivity index (χ1) is 9.06. The number of ether oxygens (including phenoxy) is 2. The van der Waals surface area contributed by atoms with Crippen LogP contribution in [0.3, 0.4) is 0 Å². The third kappa shape index (κ3) is 3.32. The van der Waals surface area contributed by atoms with E-state index in [0.717, 1.165) is 5.56 Å². The summed E-state index contributed by atoms with van der Waals surface area (Å²) in [4.78, 5) is 0. The molecule has 5 nitrogen and oxygen atoms in total. The quantitative estimate of drug-likeness (QED) is 0.752. The van der Waals surface area contributed by atoms with Crippen LogP contribution in [0, 0.1) is 0 Å². The molecule has 2 rings (SSSR count). The van der Waals surface area contributed by atoms with Gasteiger partial charge in [0.15, 0.2) is 11.5 Å². The molecule has 0 radical (unpaired) electrons. The standard InChI is InChI=1S/C12H16ClNO4S/c1-2-14(19(15,16)6-5-13)8-10-3-4-11-12(7-10)18-9-17-11/h3-4,7H,2,5-6,8-9H2,1H3. The van der Waals surface area contributed by atoms with E-state index >= 15 is 0 Å². The zero-order chi connectivity index (χ0) is 13.9. The first-order valence-corrected chi connectivity index (χ1v) is 8.13. The Balaban J connectivity index is 2.15. The number of nitrogens with zero attached hydrogens (tertiary/aromatic N) is 1. The monoisotopic (exact) mass is 305 g/mol. The van der Waals surface area contributed by atoms with Crippen LogP contribution in [0.2, 0.25) is 0 Å². The van der Waals surface area contributed by atoms with E-state index in [-0.39, 0.29) is 18.4 Å². The summed E-state index contributed by atoms with van der Waals surface area (Å²) in [5.41, 5.74) is 0.865. The van der Waals surface area contributed by atoms with Gasteiger partial charge in [0.25, 0.3) is 0 Å². The Labute approximate surface area is 118 Å². The zero-order valence-corrected chi connectivity index (χ0v) is 12.2. The van der Waals surface area contributed by atoms with Crippen molar-refractivity contribution in [3.05, 3.63) is 23.8 Å². The van der Waals surface area contributed by atoms with Crippen molar-refractivity contribution in [1.29, 1.82) is 0 Å². The fourth-order valence-electron chi connectivity index (χ4n) is 1.88. The van der Waals surface area contributed by atoms with Gasteiger partial charge >= 0.3 is 0 Å². The van der Waals surface area contributed by atoms with E-state index in [2.05, 4.69) is 0 Å². The van der Waals surface area contributed by atoms with E-state index in [4.69, 9.17) is 21.1 Å². The van der Waals surface area contributed by atoms with Crippen molar-refractivity contribution in [1.82, 2.24) is 4.31 Å². The van der Waals surface area contributed by atoms with Gasteiger partial charge in [-0.05, 0) is 17.7 Å². The molecule has 1 aliphatic heterocycles. The molecular formula is C12H16ClNO4S. The normalized spacial score (nSPS) is 14.1. The highest BCUT2D eigenvalue weighted by atomic mass is 35.5. The predicted octanol–water partition coefficient (Wildman–Crippen LogP) is 1.81. The maximum Gasteiger partial charge on any atom is 0.231 e. The van der Waals surface area contributed by atoms with E-state index in [1.54, 1.807) is 19.1 Å². The summed E-state index contributed by atoms with van der Waals surface area (Å²) in [6.07, 6.45) is 0. The minimum Gasteiger partial charge on any atom is -0.454 e. The van der Waals surface area contributed by atoms with E-state index in [0.29, 0.717) is 24.6 Å². The second-order valence-electron chi connectivity index (χ2n) is 4.12. The van der Waals surface area contributed by atoms with Gasteiger partial charge in [0.2, 0.25) is 16.8 Å². The molecule has 0 bridgehead atoms.